The molecule has 4 rings (SSSR count). The number of aromatic nitrogens is 1. The number of aryl methyl sites for hydroxylation is 3. The lowest BCUT2D eigenvalue weighted by molar-refractivity contribution is -0.117. The van der Waals surface area contributed by atoms with Gasteiger partial charge in [-0.2, -0.15) is 0 Å². The van der Waals surface area contributed by atoms with Gasteiger partial charge < -0.3 is 25.4 Å². The number of hydrogen-bond acceptors (Lipinski definition) is 6. The van der Waals surface area contributed by atoms with Gasteiger partial charge >= 0.3 is 0 Å². The zero-order valence-electron chi connectivity index (χ0n) is 20.2. The molecule has 0 bridgehead atoms. The van der Waals surface area contributed by atoms with Crippen LogP contribution in [0.25, 0.3) is 0 Å². The molecule has 1 aromatic carbocycles. The van der Waals surface area contributed by atoms with E-state index >= 15 is 0 Å². The molecule has 1 aromatic heterocycles. The van der Waals surface area contributed by atoms with Crippen LogP contribution < -0.4 is 15.4 Å². The standard InChI is InChI=1S/C26H34N4O4/c1-16-9-24(34-15-17(2)31)28-18(3)25(16)26(33)30-13-20-11-29(12-21(20)14-30)22-6-4-5-19(10-22)7-8-23(27)32/h4-6,9-10,17,20-21,31H,7-8,11-15H2,1-3H3,(H2,27,32). The molecule has 2 amide bonds. The Balaban J connectivity index is 1.39. The molecule has 34 heavy (non-hydrogen) atoms. The minimum atomic E-state index is -0.579. The number of fused-ring (bicyclic) bond motifs is 1. The van der Waals surface area contributed by atoms with Crippen LogP contribution in [0.5, 0.6) is 5.88 Å². The van der Waals surface area contributed by atoms with Crippen LogP contribution in [0.2, 0.25) is 0 Å². The van der Waals surface area contributed by atoms with E-state index in [2.05, 4.69) is 22.0 Å². The van der Waals surface area contributed by atoms with E-state index in [1.165, 1.54) is 0 Å². The van der Waals surface area contributed by atoms with Crippen molar-refractivity contribution in [1.29, 1.82) is 0 Å². The molecule has 2 aromatic rings. The third kappa shape index (κ3) is 5.33. The number of anilines is 1. The topological polar surface area (TPSA) is 109 Å². The summed E-state index contributed by atoms with van der Waals surface area (Å²) in [5, 5.41) is 9.43. The van der Waals surface area contributed by atoms with Gasteiger partial charge in [0.05, 0.1) is 17.4 Å². The molecule has 8 nitrogen and oxygen atoms in total. The Kier molecular flexibility index (Phi) is 7.07. The van der Waals surface area contributed by atoms with Gasteiger partial charge in [0.2, 0.25) is 11.8 Å². The number of ether oxygens (including phenoxy) is 1. The van der Waals surface area contributed by atoms with Crippen LogP contribution in [-0.4, -0.2) is 65.7 Å². The zero-order valence-corrected chi connectivity index (χ0v) is 20.2. The number of aliphatic hydroxyl groups is 1. The maximum atomic E-state index is 13.4. The number of primary amides is 1. The van der Waals surface area contributed by atoms with E-state index in [-0.39, 0.29) is 18.4 Å². The number of rotatable bonds is 8. The largest absolute Gasteiger partial charge is 0.475 e. The summed E-state index contributed by atoms with van der Waals surface area (Å²) in [6.07, 6.45) is 0.430. The summed E-state index contributed by atoms with van der Waals surface area (Å²) in [6, 6.07) is 10.1. The average Bonchev–Trinajstić information content (AvgIpc) is 3.35. The quantitative estimate of drug-likeness (QED) is 0.617. The van der Waals surface area contributed by atoms with Crippen molar-refractivity contribution in [2.45, 2.75) is 39.7 Å². The number of nitrogens with zero attached hydrogens (tertiary/aromatic N) is 3. The molecule has 0 spiro atoms. The molecule has 3 N–H and O–H groups in total. The van der Waals surface area contributed by atoms with E-state index in [1.807, 2.05) is 30.9 Å². The maximum Gasteiger partial charge on any atom is 0.255 e. The number of likely N-dealkylation sites (tertiary alicyclic amines) is 1. The fraction of sp³-hybridized carbons (Fsp3) is 0.500. The third-order valence-corrected chi connectivity index (χ3v) is 6.77. The molecule has 2 saturated heterocycles. The first kappa shape index (κ1) is 24.0. The van der Waals surface area contributed by atoms with Crippen molar-refractivity contribution < 1.29 is 19.4 Å². The Morgan fingerprint density at radius 3 is 2.50 bits per heavy atom. The molecular formula is C26H34N4O4. The minimum absolute atomic E-state index is 0.0268. The lowest BCUT2D eigenvalue weighted by Crippen LogP contribution is -2.34. The summed E-state index contributed by atoms with van der Waals surface area (Å²) in [6.45, 7) is 8.86. The predicted molar refractivity (Wildman–Crippen MR) is 130 cm³/mol. The number of hydrogen-bond donors (Lipinski definition) is 2. The molecule has 182 valence electrons. The second-order valence-corrected chi connectivity index (χ2v) is 9.67. The zero-order chi connectivity index (χ0) is 24.4. The highest BCUT2D eigenvalue weighted by Crippen LogP contribution is 2.35. The Bertz CT molecular complexity index is 1030. The van der Waals surface area contributed by atoms with Gasteiger partial charge in [-0.05, 0) is 50.5 Å². The molecular weight excluding hydrogens is 432 g/mol. The van der Waals surface area contributed by atoms with Crippen LogP contribution in [0, 0.1) is 25.7 Å². The fourth-order valence-electron chi connectivity index (χ4n) is 5.10. The maximum absolute atomic E-state index is 13.4. The van der Waals surface area contributed by atoms with Gasteiger partial charge in [-0.3, -0.25) is 9.59 Å². The highest BCUT2D eigenvalue weighted by molar-refractivity contribution is 5.97. The fourth-order valence-corrected chi connectivity index (χ4v) is 5.10. The van der Waals surface area contributed by atoms with Crippen LogP contribution in [0.4, 0.5) is 5.69 Å². The van der Waals surface area contributed by atoms with Crippen molar-refractivity contribution in [3.63, 3.8) is 0 Å². The summed E-state index contributed by atoms with van der Waals surface area (Å²) >= 11 is 0. The van der Waals surface area contributed by atoms with Gasteiger partial charge in [0, 0.05) is 56.2 Å². The van der Waals surface area contributed by atoms with Crippen LogP contribution in [-0.2, 0) is 11.2 Å². The predicted octanol–water partition coefficient (Wildman–Crippen LogP) is 2.08. The molecule has 0 aliphatic carbocycles. The van der Waals surface area contributed by atoms with Gasteiger partial charge in [0.15, 0.2) is 0 Å². The molecule has 2 aliphatic rings. The smallest absolute Gasteiger partial charge is 0.255 e. The van der Waals surface area contributed by atoms with Crippen molar-refractivity contribution >= 4 is 17.5 Å². The summed E-state index contributed by atoms with van der Waals surface area (Å²) < 4.78 is 5.52. The summed E-state index contributed by atoms with van der Waals surface area (Å²) in [7, 11) is 0. The van der Waals surface area contributed by atoms with Crippen LogP contribution >= 0.6 is 0 Å². The van der Waals surface area contributed by atoms with E-state index in [1.54, 1.807) is 13.0 Å². The van der Waals surface area contributed by atoms with Gasteiger partial charge in [0.25, 0.3) is 5.91 Å². The highest BCUT2D eigenvalue weighted by Gasteiger charge is 2.42. The van der Waals surface area contributed by atoms with Crippen molar-refractivity contribution in [3.05, 3.63) is 52.7 Å². The number of pyridine rings is 1. The highest BCUT2D eigenvalue weighted by atomic mass is 16.5. The number of aliphatic hydroxyl groups excluding tert-OH is 1. The summed E-state index contributed by atoms with van der Waals surface area (Å²) in [5.41, 5.74) is 9.70. The molecule has 3 unspecified atom stereocenters. The molecule has 0 saturated carbocycles. The van der Waals surface area contributed by atoms with Gasteiger partial charge in [-0.1, -0.05) is 12.1 Å². The second kappa shape index (κ2) is 10.0. The summed E-state index contributed by atoms with van der Waals surface area (Å²) in [4.78, 5) is 33.3. The number of amides is 2. The SMILES string of the molecule is Cc1cc(OCC(C)O)nc(C)c1C(=O)N1CC2CN(c3cccc(CCC(N)=O)c3)CC2C1. The van der Waals surface area contributed by atoms with E-state index in [9.17, 15) is 14.7 Å². The Hall–Kier alpha value is -3.13. The first-order chi connectivity index (χ1) is 16.2. The molecule has 8 heteroatoms. The number of carbonyl (C=O) groups is 2. The molecule has 0 radical (unpaired) electrons. The summed E-state index contributed by atoms with van der Waals surface area (Å²) in [5.74, 6) is 1.03. The second-order valence-electron chi connectivity index (χ2n) is 9.67. The van der Waals surface area contributed by atoms with Crippen LogP contribution in [0.1, 0.15) is 40.5 Å². The average molecular weight is 467 g/mol. The first-order valence-electron chi connectivity index (χ1n) is 11.9. The first-order valence-corrected chi connectivity index (χ1v) is 11.9. The van der Waals surface area contributed by atoms with Gasteiger partial charge in [0.1, 0.15) is 6.61 Å². The van der Waals surface area contributed by atoms with E-state index in [0.29, 0.717) is 41.8 Å². The molecule has 2 aliphatic heterocycles. The Morgan fingerprint density at radius 2 is 1.88 bits per heavy atom. The third-order valence-electron chi connectivity index (χ3n) is 6.77. The van der Waals surface area contributed by atoms with Crippen molar-refractivity contribution in [2.24, 2.45) is 17.6 Å². The van der Waals surface area contributed by atoms with Crippen molar-refractivity contribution in [1.82, 2.24) is 9.88 Å². The lowest BCUT2D eigenvalue weighted by atomic mass is 10.0. The monoisotopic (exact) mass is 466 g/mol. The molecule has 3 heterocycles. The number of benzene rings is 1. The normalized spacial score (nSPS) is 20.4. The minimum Gasteiger partial charge on any atom is -0.475 e. The number of nitrogens with two attached hydrogens (primary N) is 1. The number of carbonyl (C=O) groups excluding carboxylic acids is 2. The van der Waals surface area contributed by atoms with E-state index in [4.69, 9.17) is 10.5 Å². The van der Waals surface area contributed by atoms with Crippen molar-refractivity contribution in [2.75, 3.05) is 37.7 Å². The van der Waals surface area contributed by atoms with Gasteiger partial charge in [-0.25, -0.2) is 4.98 Å². The molecule has 3 atom stereocenters. The van der Waals surface area contributed by atoms with Crippen LogP contribution in [0.15, 0.2) is 30.3 Å². The Morgan fingerprint density at radius 1 is 1.18 bits per heavy atom. The lowest BCUT2D eigenvalue weighted by Gasteiger charge is -2.24. The van der Waals surface area contributed by atoms with Crippen LogP contribution in [0.3, 0.4) is 0 Å². The molecule has 2 fully saturated rings. The van der Waals surface area contributed by atoms with E-state index in [0.717, 1.165) is 43.0 Å². The van der Waals surface area contributed by atoms with E-state index < -0.39 is 6.10 Å². The van der Waals surface area contributed by atoms with Crippen molar-refractivity contribution in [3.8, 4) is 5.88 Å². The Labute approximate surface area is 200 Å². The van der Waals surface area contributed by atoms with Gasteiger partial charge in [-0.15, -0.1) is 0 Å².